The summed E-state index contributed by atoms with van der Waals surface area (Å²) in [6.45, 7) is 4.43. The van der Waals surface area contributed by atoms with Crippen LogP contribution in [0.15, 0.2) is 120 Å². The maximum atomic E-state index is 13.4. The monoisotopic (exact) mass is 732 g/mol. The van der Waals surface area contributed by atoms with Gasteiger partial charge in [-0.1, -0.05) is 73.3 Å². The molecule has 0 aliphatic heterocycles. The lowest BCUT2D eigenvalue weighted by Crippen LogP contribution is -2.18. The highest BCUT2D eigenvalue weighted by Crippen LogP contribution is 2.29. The summed E-state index contributed by atoms with van der Waals surface area (Å²) in [4.78, 5) is 37.2. The number of carbonyl (C=O) groups is 3. The van der Waals surface area contributed by atoms with E-state index in [4.69, 9.17) is 14.2 Å². The molecule has 4 aromatic rings. The van der Waals surface area contributed by atoms with Crippen LogP contribution < -0.4 is 18.9 Å². The van der Waals surface area contributed by atoms with Crippen molar-refractivity contribution in [1.82, 2.24) is 0 Å². The third kappa shape index (κ3) is 11.7. The summed E-state index contributed by atoms with van der Waals surface area (Å²) in [5, 5.41) is 11.7. The number of carbonyl (C=O) groups excluding carboxylic acids is 2. The summed E-state index contributed by atoms with van der Waals surface area (Å²) >= 11 is 0. The van der Waals surface area contributed by atoms with E-state index in [2.05, 4.69) is 16.0 Å². The van der Waals surface area contributed by atoms with Gasteiger partial charge in [0.25, 0.3) is 20.0 Å². The van der Waals surface area contributed by atoms with Gasteiger partial charge in [-0.3, -0.25) is 9.44 Å². The molecule has 0 aliphatic rings. The fourth-order valence-electron chi connectivity index (χ4n) is 4.25. The lowest BCUT2D eigenvalue weighted by atomic mass is 10.1. The average molecular weight is 733 g/mol. The van der Waals surface area contributed by atoms with Crippen molar-refractivity contribution in [2.75, 3.05) is 22.7 Å². The van der Waals surface area contributed by atoms with Gasteiger partial charge >= 0.3 is 17.9 Å². The first-order valence-electron chi connectivity index (χ1n) is 14.9. The molecule has 0 bridgehead atoms. The molecule has 3 N–H and O–H groups in total. The molecule has 4 aromatic carbocycles. The third-order valence-electron chi connectivity index (χ3n) is 6.50. The minimum atomic E-state index is -4.17. The molecule has 0 radical (unpaired) electrons. The topological polar surface area (TPSA) is 191 Å². The second-order valence-corrected chi connectivity index (χ2v) is 13.7. The van der Waals surface area contributed by atoms with Crippen molar-refractivity contribution >= 4 is 61.5 Å². The fourth-order valence-corrected chi connectivity index (χ4v) is 5.95. The molecule has 0 unspecified atom stereocenters. The molecule has 0 spiro atoms. The number of nitrogens with one attached hydrogen (secondary N) is 2. The second-order valence-electron chi connectivity index (χ2n) is 10.6. The van der Waals surface area contributed by atoms with Crippen molar-refractivity contribution in [2.24, 2.45) is 0 Å². The quantitative estimate of drug-likeness (QED) is 0.0536. The molecule has 0 fully saturated rings. The molecule has 15 heteroatoms. The van der Waals surface area contributed by atoms with Gasteiger partial charge in [-0.15, -0.1) is 0 Å². The molecule has 4 rings (SSSR count). The molecular formula is C36H32N2O11S2. The second kappa shape index (κ2) is 17.0. The molecule has 0 amide bonds. The van der Waals surface area contributed by atoms with Crippen LogP contribution in [0.1, 0.15) is 38.8 Å². The summed E-state index contributed by atoms with van der Waals surface area (Å²) in [6.07, 6.45) is 2.69. The Morgan fingerprint density at radius 1 is 0.745 bits per heavy atom. The summed E-state index contributed by atoms with van der Waals surface area (Å²) in [5.41, 5.74) is -0.0430. The highest BCUT2D eigenvalue weighted by atomic mass is 32.2. The maximum Gasteiger partial charge on any atom is 0.344 e. The van der Waals surface area contributed by atoms with Crippen molar-refractivity contribution in [3.05, 3.63) is 142 Å². The van der Waals surface area contributed by atoms with Gasteiger partial charge in [0.15, 0.2) is 0 Å². The molecule has 0 saturated heterocycles. The van der Waals surface area contributed by atoms with E-state index in [9.17, 15) is 36.3 Å². The maximum absolute atomic E-state index is 13.4. The molecule has 0 atom stereocenters. The first-order chi connectivity index (χ1) is 24.2. The van der Waals surface area contributed by atoms with E-state index in [1.807, 2.05) is 0 Å². The number of sulfonamides is 2. The molecule has 0 heterocycles. The van der Waals surface area contributed by atoms with Crippen molar-refractivity contribution in [2.45, 2.75) is 6.92 Å². The molecule has 13 nitrogen and oxygen atoms in total. The Balaban J connectivity index is 1.63. The van der Waals surface area contributed by atoms with Gasteiger partial charge in [0.05, 0.1) is 27.8 Å². The van der Waals surface area contributed by atoms with Gasteiger partial charge in [-0.05, 0) is 48.4 Å². The summed E-state index contributed by atoms with van der Waals surface area (Å²) in [5.74, 6) is -3.96. The molecule has 0 saturated carbocycles. The number of carboxylic acid groups (broad SMARTS) is 1. The van der Waals surface area contributed by atoms with E-state index in [1.54, 1.807) is 60.7 Å². The summed E-state index contributed by atoms with van der Waals surface area (Å²) < 4.78 is 72.3. The van der Waals surface area contributed by atoms with Gasteiger partial charge in [-0.25, -0.2) is 31.2 Å². The Bertz CT molecular complexity index is 2100. The van der Waals surface area contributed by atoms with E-state index >= 15 is 0 Å². The normalized spacial score (nSPS) is 11.5. The Kier molecular flexibility index (Phi) is 12.5. The zero-order valence-electron chi connectivity index (χ0n) is 27.0. The van der Waals surface area contributed by atoms with Crippen LogP contribution >= 0.6 is 0 Å². The van der Waals surface area contributed by atoms with Crippen LogP contribution in [-0.2, 0) is 29.6 Å². The highest BCUT2D eigenvalue weighted by Gasteiger charge is 2.24. The van der Waals surface area contributed by atoms with E-state index in [-0.39, 0.29) is 41.7 Å². The lowest BCUT2D eigenvalue weighted by Gasteiger charge is -2.14. The van der Waals surface area contributed by atoms with Crippen LogP contribution in [0, 0.1) is 0 Å². The number of hydrogen-bond acceptors (Lipinski definition) is 10. The van der Waals surface area contributed by atoms with Gasteiger partial charge in [0, 0.05) is 17.7 Å². The SMILES string of the molecule is C=C(C)C(=O)OCCOc1cccc(C(=O)Oc2cc(NS(=O)(=O)C=Cc3ccccc3)cc(NS(=O)(=O)C=Cc3ccccc3)c2)c1C(=O)O. The Hall–Kier alpha value is -6.19. The average Bonchev–Trinajstić information content (AvgIpc) is 3.08. The number of hydrogen-bond donors (Lipinski definition) is 3. The Morgan fingerprint density at radius 2 is 1.27 bits per heavy atom. The number of ether oxygens (including phenoxy) is 3. The smallest absolute Gasteiger partial charge is 0.344 e. The predicted octanol–water partition coefficient (Wildman–Crippen LogP) is 5.93. The first-order valence-corrected chi connectivity index (χ1v) is 18.0. The molecule has 0 aromatic heterocycles. The van der Waals surface area contributed by atoms with Crippen molar-refractivity contribution in [3.63, 3.8) is 0 Å². The molecule has 51 heavy (non-hydrogen) atoms. The van der Waals surface area contributed by atoms with Crippen LogP contribution in [-0.4, -0.2) is 53.1 Å². The Morgan fingerprint density at radius 3 is 1.76 bits per heavy atom. The van der Waals surface area contributed by atoms with Gasteiger partial charge in [0.1, 0.15) is 30.3 Å². The van der Waals surface area contributed by atoms with Crippen LogP contribution in [0.5, 0.6) is 11.5 Å². The summed E-state index contributed by atoms with van der Waals surface area (Å²) in [7, 11) is -8.35. The van der Waals surface area contributed by atoms with E-state index in [1.165, 1.54) is 37.3 Å². The fraction of sp³-hybridized carbons (Fsp3) is 0.0833. The van der Waals surface area contributed by atoms with Crippen molar-refractivity contribution in [3.8, 4) is 11.5 Å². The van der Waals surface area contributed by atoms with Crippen LogP contribution in [0.3, 0.4) is 0 Å². The number of esters is 2. The van der Waals surface area contributed by atoms with E-state index in [0.29, 0.717) is 11.1 Å². The molecule has 0 aliphatic carbocycles. The number of rotatable bonds is 16. The zero-order chi connectivity index (χ0) is 37.0. The number of benzene rings is 4. The van der Waals surface area contributed by atoms with E-state index < -0.39 is 49.1 Å². The summed E-state index contributed by atoms with van der Waals surface area (Å²) in [6, 6.07) is 24.3. The van der Waals surface area contributed by atoms with Crippen molar-refractivity contribution < 1.29 is 50.5 Å². The minimum absolute atomic E-state index is 0.158. The number of aromatic carboxylic acids is 1. The van der Waals surface area contributed by atoms with Gasteiger partial charge in [-0.2, -0.15) is 0 Å². The van der Waals surface area contributed by atoms with Crippen LogP contribution in [0.25, 0.3) is 12.2 Å². The predicted molar refractivity (Wildman–Crippen MR) is 192 cm³/mol. The zero-order valence-corrected chi connectivity index (χ0v) is 28.6. The van der Waals surface area contributed by atoms with Gasteiger partial charge in [0.2, 0.25) is 0 Å². The minimum Gasteiger partial charge on any atom is -0.489 e. The first kappa shape index (κ1) is 37.6. The highest BCUT2D eigenvalue weighted by molar-refractivity contribution is 7.96. The van der Waals surface area contributed by atoms with Gasteiger partial charge < -0.3 is 19.3 Å². The van der Waals surface area contributed by atoms with Crippen LogP contribution in [0.2, 0.25) is 0 Å². The molecular weight excluding hydrogens is 701 g/mol. The largest absolute Gasteiger partial charge is 0.489 e. The third-order valence-corrected chi connectivity index (χ3v) is 8.53. The Labute approximate surface area is 294 Å². The number of carboxylic acids is 1. The number of anilines is 2. The van der Waals surface area contributed by atoms with Crippen LogP contribution in [0.4, 0.5) is 11.4 Å². The lowest BCUT2D eigenvalue weighted by molar-refractivity contribution is -0.139. The van der Waals surface area contributed by atoms with E-state index in [0.717, 1.165) is 29.0 Å². The molecule has 264 valence electrons. The van der Waals surface area contributed by atoms with Crippen molar-refractivity contribution in [1.29, 1.82) is 0 Å². The standard InChI is InChI=1S/C36H32N2O11S2/c1-25(2)35(41)48-19-18-47-32-15-9-14-31(33(32)34(39)40)36(42)49-30-23-28(37-50(43,44)20-16-26-10-5-3-6-11-26)22-29(24-30)38-51(45,46)21-17-27-12-7-4-8-13-27/h3-17,20-24,37-38H,1,18-19H2,2H3,(H,39,40).